The van der Waals surface area contributed by atoms with Crippen molar-refractivity contribution in [3.8, 4) is 0 Å². The number of aryl methyl sites for hydroxylation is 1. The van der Waals surface area contributed by atoms with Crippen LogP contribution in [-0.4, -0.2) is 30.4 Å². The van der Waals surface area contributed by atoms with E-state index in [0.29, 0.717) is 0 Å². The van der Waals surface area contributed by atoms with Gasteiger partial charge in [0.2, 0.25) is 5.91 Å². The lowest BCUT2D eigenvalue weighted by atomic mass is 10.0. The Kier molecular flexibility index (Phi) is 6.73. The van der Waals surface area contributed by atoms with Gasteiger partial charge in [0.25, 0.3) is 0 Å². The van der Waals surface area contributed by atoms with Crippen molar-refractivity contribution in [3.63, 3.8) is 0 Å². The van der Waals surface area contributed by atoms with Crippen molar-refractivity contribution in [1.82, 2.24) is 10.2 Å². The van der Waals surface area contributed by atoms with Crippen LogP contribution in [0.2, 0.25) is 0 Å². The van der Waals surface area contributed by atoms with E-state index in [9.17, 15) is 4.79 Å². The zero-order valence-corrected chi connectivity index (χ0v) is 13.4. The van der Waals surface area contributed by atoms with Gasteiger partial charge in [-0.25, -0.2) is 0 Å². The Bertz CT molecular complexity index is 431. The smallest absolute Gasteiger partial charge is 0.237 e. The number of hydrogen-bond acceptors (Lipinski definition) is 2. The lowest BCUT2D eigenvalue weighted by Gasteiger charge is -2.26. The Balaban J connectivity index is 2.59. The summed E-state index contributed by atoms with van der Waals surface area (Å²) in [5.74, 6) is 0.0966. The first-order valence-electron chi connectivity index (χ1n) is 7.53. The summed E-state index contributed by atoms with van der Waals surface area (Å²) in [6.07, 6.45) is 2.28. The summed E-state index contributed by atoms with van der Waals surface area (Å²) in [6, 6.07) is 8.15. The standard InChI is InChI=1S/C17H28N2O/c1-6-7-12-19(5)15(4)17(20)18-14(3)16-11-9-8-10-13(16)2/h8-11,14-15H,6-7,12H2,1-5H3,(H,18,20). The molecule has 0 fully saturated rings. The van der Waals surface area contributed by atoms with Crippen molar-refractivity contribution in [2.75, 3.05) is 13.6 Å². The predicted octanol–water partition coefficient (Wildman–Crippen LogP) is 3.29. The van der Waals surface area contributed by atoms with E-state index in [1.807, 2.05) is 33.0 Å². The second kappa shape index (κ2) is 8.05. The number of nitrogens with zero attached hydrogens (tertiary/aromatic N) is 1. The highest BCUT2D eigenvalue weighted by molar-refractivity contribution is 5.81. The third kappa shape index (κ3) is 4.64. The lowest BCUT2D eigenvalue weighted by Crippen LogP contribution is -2.44. The molecule has 0 heterocycles. The van der Waals surface area contributed by atoms with E-state index < -0.39 is 0 Å². The Morgan fingerprint density at radius 2 is 1.95 bits per heavy atom. The lowest BCUT2D eigenvalue weighted by molar-refractivity contribution is -0.126. The van der Waals surface area contributed by atoms with Crippen LogP contribution in [0.1, 0.15) is 50.8 Å². The van der Waals surface area contributed by atoms with E-state index in [-0.39, 0.29) is 18.0 Å². The van der Waals surface area contributed by atoms with Gasteiger partial charge in [-0.3, -0.25) is 9.69 Å². The molecule has 0 aromatic heterocycles. The molecule has 3 heteroatoms. The van der Waals surface area contributed by atoms with Gasteiger partial charge in [-0.1, -0.05) is 37.6 Å². The molecule has 1 rings (SSSR count). The number of rotatable bonds is 7. The van der Waals surface area contributed by atoms with Crippen molar-refractivity contribution in [3.05, 3.63) is 35.4 Å². The van der Waals surface area contributed by atoms with Crippen molar-refractivity contribution in [2.45, 2.75) is 52.6 Å². The zero-order valence-electron chi connectivity index (χ0n) is 13.4. The highest BCUT2D eigenvalue weighted by Crippen LogP contribution is 2.17. The Labute approximate surface area is 123 Å². The van der Waals surface area contributed by atoms with E-state index in [0.717, 1.165) is 19.4 Å². The largest absolute Gasteiger partial charge is 0.348 e. The highest BCUT2D eigenvalue weighted by atomic mass is 16.2. The maximum Gasteiger partial charge on any atom is 0.237 e. The van der Waals surface area contributed by atoms with Crippen LogP contribution in [-0.2, 0) is 4.79 Å². The molecule has 1 aromatic carbocycles. The van der Waals surface area contributed by atoms with Crippen LogP contribution in [0, 0.1) is 6.92 Å². The molecule has 0 bridgehead atoms. The molecule has 2 atom stereocenters. The van der Waals surface area contributed by atoms with Gasteiger partial charge < -0.3 is 5.32 Å². The molecule has 0 aliphatic rings. The van der Waals surface area contributed by atoms with Crippen LogP contribution in [0.4, 0.5) is 0 Å². The third-order valence-electron chi connectivity index (χ3n) is 3.92. The molecular formula is C17H28N2O. The molecule has 20 heavy (non-hydrogen) atoms. The summed E-state index contributed by atoms with van der Waals surface area (Å²) in [5.41, 5.74) is 2.40. The molecular weight excluding hydrogens is 248 g/mol. The molecule has 0 aliphatic carbocycles. The quantitative estimate of drug-likeness (QED) is 0.829. The van der Waals surface area contributed by atoms with E-state index in [4.69, 9.17) is 0 Å². The first-order valence-corrected chi connectivity index (χ1v) is 7.53. The summed E-state index contributed by atoms with van der Waals surface area (Å²) >= 11 is 0. The summed E-state index contributed by atoms with van der Waals surface area (Å²) in [4.78, 5) is 14.4. The summed E-state index contributed by atoms with van der Waals surface area (Å²) < 4.78 is 0. The van der Waals surface area contributed by atoms with Gasteiger partial charge in [-0.05, 0) is 51.9 Å². The normalized spacial score (nSPS) is 14.1. The number of benzene rings is 1. The fraction of sp³-hybridized carbons (Fsp3) is 0.588. The van der Waals surface area contributed by atoms with Gasteiger partial charge >= 0.3 is 0 Å². The number of carbonyl (C=O) groups is 1. The molecule has 3 nitrogen and oxygen atoms in total. The Morgan fingerprint density at radius 1 is 1.30 bits per heavy atom. The summed E-state index contributed by atoms with van der Waals surface area (Å²) in [6.45, 7) is 9.21. The Morgan fingerprint density at radius 3 is 2.55 bits per heavy atom. The number of amides is 1. The van der Waals surface area contributed by atoms with Gasteiger partial charge in [-0.2, -0.15) is 0 Å². The van der Waals surface area contributed by atoms with Crippen LogP contribution >= 0.6 is 0 Å². The second-order valence-electron chi connectivity index (χ2n) is 5.60. The SMILES string of the molecule is CCCCN(C)C(C)C(=O)NC(C)c1ccccc1C. The summed E-state index contributed by atoms with van der Waals surface area (Å²) in [5, 5.41) is 3.11. The van der Waals surface area contributed by atoms with Crippen LogP contribution < -0.4 is 5.32 Å². The monoisotopic (exact) mass is 276 g/mol. The second-order valence-corrected chi connectivity index (χ2v) is 5.60. The predicted molar refractivity (Wildman–Crippen MR) is 84.7 cm³/mol. The third-order valence-corrected chi connectivity index (χ3v) is 3.92. The summed E-state index contributed by atoms with van der Waals surface area (Å²) in [7, 11) is 2.01. The number of unbranched alkanes of at least 4 members (excludes halogenated alkanes) is 1. The van der Waals surface area contributed by atoms with Crippen LogP contribution in [0.5, 0.6) is 0 Å². The number of hydrogen-bond donors (Lipinski definition) is 1. The zero-order chi connectivity index (χ0) is 15.1. The molecule has 0 aliphatic heterocycles. The molecule has 0 radical (unpaired) electrons. The fourth-order valence-electron chi connectivity index (χ4n) is 2.29. The molecule has 0 spiro atoms. The van der Waals surface area contributed by atoms with Gasteiger partial charge in [-0.15, -0.1) is 0 Å². The van der Waals surface area contributed by atoms with E-state index in [1.54, 1.807) is 0 Å². The maximum absolute atomic E-state index is 12.3. The molecule has 112 valence electrons. The van der Waals surface area contributed by atoms with E-state index in [1.165, 1.54) is 11.1 Å². The van der Waals surface area contributed by atoms with Crippen LogP contribution in [0.15, 0.2) is 24.3 Å². The molecule has 1 amide bonds. The number of nitrogens with one attached hydrogen (secondary N) is 1. The van der Waals surface area contributed by atoms with Gasteiger partial charge in [0.1, 0.15) is 0 Å². The fourth-order valence-corrected chi connectivity index (χ4v) is 2.29. The molecule has 1 N–H and O–H groups in total. The number of carbonyl (C=O) groups excluding carboxylic acids is 1. The van der Waals surface area contributed by atoms with Gasteiger partial charge in [0.15, 0.2) is 0 Å². The van der Waals surface area contributed by atoms with Gasteiger partial charge in [0, 0.05) is 0 Å². The molecule has 0 saturated carbocycles. The van der Waals surface area contributed by atoms with Crippen LogP contribution in [0.25, 0.3) is 0 Å². The highest BCUT2D eigenvalue weighted by Gasteiger charge is 2.20. The minimum atomic E-state index is -0.0898. The minimum Gasteiger partial charge on any atom is -0.348 e. The number of likely N-dealkylation sites (N-methyl/N-ethyl adjacent to an activating group) is 1. The molecule has 2 unspecified atom stereocenters. The van der Waals surface area contributed by atoms with Crippen molar-refractivity contribution in [2.24, 2.45) is 0 Å². The average Bonchev–Trinajstić information content (AvgIpc) is 2.44. The van der Waals surface area contributed by atoms with E-state index >= 15 is 0 Å². The van der Waals surface area contributed by atoms with E-state index in [2.05, 4.69) is 36.2 Å². The minimum absolute atomic E-state index is 0.0470. The maximum atomic E-state index is 12.3. The van der Waals surface area contributed by atoms with Crippen molar-refractivity contribution >= 4 is 5.91 Å². The Hall–Kier alpha value is -1.35. The first-order chi connectivity index (χ1) is 9.47. The topological polar surface area (TPSA) is 32.3 Å². The first kappa shape index (κ1) is 16.7. The molecule has 0 saturated heterocycles. The van der Waals surface area contributed by atoms with Crippen molar-refractivity contribution in [1.29, 1.82) is 0 Å². The molecule has 1 aromatic rings. The average molecular weight is 276 g/mol. The van der Waals surface area contributed by atoms with Crippen LogP contribution in [0.3, 0.4) is 0 Å². The van der Waals surface area contributed by atoms with Gasteiger partial charge in [0.05, 0.1) is 12.1 Å². The van der Waals surface area contributed by atoms with Crippen molar-refractivity contribution < 1.29 is 4.79 Å².